The molecule has 3 N–H and O–H groups in total. The normalized spacial score (nSPS) is 23.7. The Balaban J connectivity index is 1.58. The number of hydrogen-bond donors (Lipinski definition) is 2. The molecule has 148 valence electrons. The van der Waals surface area contributed by atoms with Gasteiger partial charge in [0.15, 0.2) is 0 Å². The summed E-state index contributed by atoms with van der Waals surface area (Å²) in [5, 5.41) is 7.91. The second kappa shape index (κ2) is 6.77. The largest absolute Gasteiger partial charge is 0.365 e. The third-order valence-corrected chi connectivity index (χ3v) is 5.52. The minimum Gasteiger partial charge on any atom is -0.365 e. The van der Waals surface area contributed by atoms with Crippen LogP contribution in [0.15, 0.2) is 24.3 Å². The van der Waals surface area contributed by atoms with Crippen molar-refractivity contribution in [2.45, 2.75) is 44.6 Å². The Labute approximate surface area is 166 Å². The summed E-state index contributed by atoms with van der Waals surface area (Å²) < 4.78 is 15.4. The van der Waals surface area contributed by atoms with Crippen molar-refractivity contribution in [1.82, 2.24) is 20.0 Å². The maximum absolute atomic E-state index is 13.6. The predicted molar refractivity (Wildman–Crippen MR) is 103 cm³/mol. The van der Waals surface area contributed by atoms with E-state index in [4.69, 9.17) is 17.3 Å². The Morgan fingerprint density at radius 1 is 1.36 bits per heavy atom. The summed E-state index contributed by atoms with van der Waals surface area (Å²) in [6.45, 7) is 2.62. The van der Waals surface area contributed by atoms with Crippen LogP contribution in [0.2, 0.25) is 5.02 Å². The lowest BCUT2D eigenvalue weighted by molar-refractivity contribution is 0.0489. The van der Waals surface area contributed by atoms with E-state index in [9.17, 15) is 14.0 Å². The number of urea groups is 1. The number of alkyl halides is 1. The van der Waals surface area contributed by atoms with Crippen LogP contribution in [0.1, 0.15) is 35.8 Å². The van der Waals surface area contributed by atoms with Crippen LogP contribution in [-0.2, 0) is 13.1 Å². The number of nitrogens with one attached hydrogen (secondary N) is 1. The lowest BCUT2D eigenvalue weighted by Crippen LogP contribution is -2.55. The number of benzene rings is 1. The summed E-state index contributed by atoms with van der Waals surface area (Å²) in [5.41, 5.74) is 6.46. The molecule has 0 bridgehead atoms. The first-order chi connectivity index (χ1) is 13.2. The van der Waals surface area contributed by atoms with E-state index in [-0.39, 0.29) is 18.6 Å². The number of halogens is 2. The fraction of sp³-hybridized carbons (Fsp3) is 0.421. The Hall–Kier alpha value is -2.61. The van der Waals surface area contributed by atoms with Gasteiger partial charge in [0.05, 0.1) is 24.3 Å². The van der Waals surface area contributed by atoms with Crippen molar-refractivity contribution in [2.24, 2.45) is 5.73 Å². The van der Waals surface area contributed by atoms with Gasteiger partial charge >= 0.3 is 6.03 Å². The van der Waals surface area contributed by atoms with Crippen molar-refractivity contribution >= 4 is 23.5 Å². The molecule has 2 heterocycles. The van der Waals surface area contributed by atoms with E-state index in [2.05, 4.69) is 10.4 Å². The number of nitrogens with zero attached hydrogens (tertiary/aromatic N) is 3. The smallest absolute Gasteiger partial charge is 0.318 e. The van der Waals surface area contributed by atoms with Gasteiger partial charge in [-0.3, -0.25) is 9.48 Å². The van der Waals surface area contributed by atoms with Crippen molar-refractivity contribution in [3.8, 4) is 11.3 Å². The Morgan fingerprint density at radius 3 is 2.75 bits per heavy atom. The van der Waals surface area contributed by atoms with Crippen molar-refractivity contribution < 1.29 is 14.0 Å². The lowest BCUT2D eigenvalue weighted by Gasteiger charge is -2.40. The highest BCUT2D eigenvalue weighted by molar-refractivity contribution is 6.30. The zero-order chi connectivity index (χ0) is 20.1. The lowest BCUT2D eigenvalue weighted by atomic mass is 9.79. The fourth-order valence-corrected chi connectivity index (χ4v) is 4.11. The maximum Gasteiger partial charge on any atom is 0.318 e. The van der Waals surface area contributed by atoms with Crippen molar-refractivity contribution in [2.75, 3.05) is 6.54 Å². The van der Waals surface area contributed by atoms with E-state index in [0.717, 1.165) is 0 Å². The van der Waals surface area contributed by atoms with Crippen LogP contribution in [0.25, 0.3) is 11.3 Å². The zero-order valence-corrected chi connectivity index (χ0v) is 16.2. The van der Waals surface area contributed by atoms with E-state index in [1.54, 1.807) is 27.8 Å². The number of aromatic nitrogens is 2. The highest BCUT2D eigenvalue weighted by Gasteiger charge is 2.42. The SMILES string of the molecule is CC1(F)CC(NC(=O)N2CCn3nc(-c4cccc(Cl)c4)c(C(N)=O)c3C2)C1. The quantitative estimate of drug-likeness (QED) is 0.822. The van der Waals surface area contributed by atoms with Crippen molar-refractivity contribution in [3.63, 3.8) is 0 Å². The minimum absolute atomic E-state index is 0.160. The van der Waals surface area contributed by atoms with Gasteiger partial charge in [-0.1, -0.05) is 23.7 Å². The second-order valence-corrected chi connectivity index (χ2v) is 8.09. The van der Waals surface area contributed by atoms with Crippen LogP contribution >= 0.6 is 11.6 Å². The van der Waals surface area contributed by atoms with E-state index in [0.29, 0.717) is 53.5 Å². The summed E-state index contributed by atoms with van der Waals surface area (Å²) in [5.74, 6) is -0.606. The third kappa shape index (κ3) is 3.44. The van der Waals surface area contributed by atoms with Gasteiger partial charge in [-0.25, -0.2) is 9.18 Å². The van der Waals surface area contributed by atoms with Gasteiger partial charge in [0, 0.05) is 36.0 Å². The topological polar surface area (TPSA) is 93.2 Å². The van der Waals surface area contributed by atoms with E-state index < -0.39 is 11.6 Å². The predicted octanol–water partition coefficient (Wildman–Crippen LogP) is 2.72. The molecule has 2 aromatic rings. The molecule has 0 atom stereocenters. The molecule has 1 aliphatic carbocycles. The van der Waals surface area contributed by atoms with Gasteiger partial charge < -0.3 is 16.0 Å². The van der Waals surface area contributed by atoms with E-state index in [1.807, 2.05) is 6.07 Å². The molecule has 0 radical (unpaired) electrons. The first-order valence-corrected chi connectivity index (χ1v) is 9.51. The van der Waals surface area contributed by atoms with Gasteiger partial charge in [0.2, 0.25) is 0 Å². The van der Waals surface area contributed by atoms with E-state index >= 15 is 0 Å². The molecule has 4 rings (SSSR count). The van der Waals surface area contributed by atoms with Crippen LogP contribution in [0, 0.1) is 0 Å². The monoisotopic (exact) mass is 405 g/mol. The fourth-order valence-electron chi connectivity index (χ4n) is 3.92. The van der Waals surface area contributed by atoms with Crippen LogP contribution in [0.4, 0.5) is 9.18 Å². The Bertz CT molecular complexity index is 950. The van der Waals surface area contributed by atoms with E-state index in [1.165, 1.54) is 6.92 Å². The summed E-state index contributed by atoms with van der Waals surface area (Å²) in [7, 11) is 0. The molecule has 7 nitrogen and oxygen atoms in total. The van der Waals surface area contributed by atoms with Gasteiger partial charge in [-0.15, -0.1) is 0 Å². The maximum atomic E-state index is 13.6. The number of carbonyl (C=O) groups excluding carboxylic acids is 2. The molecule has 1 fully saturated rings. The molecule has 1 aromatic heterocycles. The molecule has 3 amide bonds. The number of carbonyl (C=O) groups is 2. The van der Waals surface area contributed by atoms with Crippen LogP contribution in [0.3, 0.4) is 0 Å². The molecule has 1 aromatic carbocycles. The molecule has 1 saturated carbocycles. The average molecular weight is 406 g/mol. The number of fused-ring (bicyclic) bond motifs is 1. The zero-order valence-electron chi connectivity index (χ0n) is 15.4. The van der Waals surface area contributed by atoms with Crippen molar-refractivity contribution in [3.05, 3.63) is 40.5 Å². The molecule has 0 saturated heterocycles. The molecule has 0 unspecified atom stereocenters. The highest BCUT2D eigenvalue weighted by atomic mass is 35.5. The number of amides is 3. The van der Waals surface area contributed by atoms with Gasteiger partial charge in [-0.2, -0.15) is 5.10 Å². The standard InChI is InChI=1S/C19H21ClFN5O2/c1-19(21)8-13(9-19)23-18(28)25-5-6-26-14(10-25)15(17(22)27)16(24-26)11-3-2-4-12(20)7-11/h2-4,7,13H,5-6,8-10H2,1H3,(H2,22,27)(H,23,28). The van der Waals surface area contributed by atoms with Gasteiger partial charge in [-0.05, 0) is 19.1 Å². The minimum atomic E-state index is -1.20. The second-order valence-electron chi connectivity index (χ2n) is 7.66. The van der Waals surface area contributed by atoms with Crippen molar-refractivity contribution in [1.29, 1.82) is 0 Å². The Morgan fingerprint density at radius 2 is 2.11 bits per heavy atom. The average Bonchev–Trinajstić information content (AvgIpc) is 2.99. The molecular formula is C19H21ClFN5O2. The number of hydrogen-bond acceptors (Lipinski definition) is 3. The molecule has 9 heteroatoms. The first-order valence-electron chi connectivity index (χ1n) is 9.13. The van der Waals surface area contributed by atoms with Crippen LogP contribution < -0.4 is 11.1 Å². The molecule has 2 aliphatic rings. The van der Waals surface area contributed by atoms with Gasteiger partial charge in [0.1, 0.15) is 11.4 Å². The summed E-state index contributed by atoms with van der Waals surface area (Å²) in [6.07, 6.45) is 0.631. The summed E-state index contributed by atoms with van der Waals surface area (Å²) in [6, 6.07) is 6.61. The highest BCUT2D eigenvalue weighted by Crippen LogP contribution is 2.35. The van der Waals surface area contributed by atoms with Crippen LogP contribution in [0.5, 0.6) is 0 Å². The first kappa shape index (κ1) is 18.7. The molecule has 28 heavy (non-hydrogen) atoms. The molecule has 0 spiro atoms. The van der Waals surface area contributed by atoms with Crippen LogP contribution in [-0.4, -0.2) is 44.9 Å². The number of rotatable bonds is 3. The molecule has 1 aliphatic heterocycles. The summed E-state index contributed by atoms with van der Waals surface area (Å²) >= 11 is 6.07. The summed E-state index contributed by atoms with van der Waals surface area (Å²) in [4.78, 5) is 26.3. The molecular weight excluding hydrogens is 385 g/mol. The number of primary amides is 1. The van der Waals surface area contributed by atoms with Gasteiger partial charge in [0.25, 0.3) is 5.91 Å². The third-order valence-electron chi connectivity index (χ3n) is 5.28. The Kier molecular flexibility index (Phi) is 4.53. The number of nitrogens with two attached hydrogens (primary N) is 1.